The van der Waals surface area contributed by atoms with E-state index in [0.29, 0.717) is 17.2 Å². The molecular weight excluding hydrogens is 350 g/mol. The van der Waals surface area contributed by atoms with Crippen LogP contribution in [-0.4, -0.2) is 14.8 Å². The number of aromatic nitrogens is 2. The van der Waals surface area contributed by atoms with E-state index < -0.39 is 0 Å². The van der Waals surface area contributed by atoms with Crippen LogP contribution in [0.1, 0.15) is 16.8 Å². The molecule has 0 N–H and O–H groups in total. The van der Waals surface area contributed by atoms with Crippen LogP contribution in [0.4, 0.5) is 0 Å². The molecule has 0 aliphatic carbocycles. The van der Waals surface area contributed by atoms with Crippen molar-refractivity contribution < 1.29 is 4.42 Å². The molecule has 5 rings (SSSR count). The summed E-state index contributed by atoms with van der Waals surface area (Å²) in [4.78, 5) is 16.6. The number of oxazole rings is 1. The highest BCUT2D eigenvalue weighted by Crippen LogP contribution is 2.30. The van der Waals surface area contributed by atoms with Crippen LogP contribution in [0.5, 0.6) is 0 Å². The fourth-order valence-corrected chi connectivity index (χ4v) is 3.70. The van der Waals surface area contributed by atoms with Crippen molar-refractivity contribution in [2.75, 3.05) is 0 Å². The van der Waals surface area contributed by atoms with E-state index in [9.17, 15) is 4.79 Å². The van der Waals surface area contributed by atoms with Crippen LogP contribution in [-0.2, 0) is 13.6 Å². The second-order valence-corrected chi connectivity index (χ2v) is 6.68. The SMILES string of the molecule is Cn1c(=O)oc2ccc(C3=NCc4c(Cl)cccc4-n4cccc43)cc21. The van der Waals surface area contributed by atoms with Crippen LogP contribution < -0.4 is 5.76 Å². The zero-order valence-electron chi connectivity index (χ0n) is 13.9. The first-order chi connectivity index (χ1) is 12.6. The molecule has 3 heterocycles. The molecule has 0 radical (unpaired) electrons. The Labute approximate surface area is 153 Å². The molecule has 0 saturated carbocycles. The molecule has 0 atom stereocenters. The van der Waals surface area contributed by atoms with E-state index in [-0.39, 0.29) is 5.76 Å². The van der Waals surface area contributed by atoms with Gasteiger partial charge in [0, 0.05) is 29.4 Å². The van der Waals surface area contributed by atoms with E-state index in [4.69, 9.17) is 21.0 Å². The fourth-order valence-electron chi connectivity index (χ4n) is 3.47. The van der Waals surface area contributed by atoms with Gasteiger partial charge < -0.3 is 8.98 Å². The Morgan fingerprint density at radius 3 is 2.92 bits per heavy atom. The first-order valence-electron chi connectivity index (χ1n) is 8.23. The maximum absolute atomic E-state index is 11.8. The van der Waals surface area contributed by atoms with Crippen molar-refractivity contribution in [3.8, 4) is 5.69 Å². The third kappa shape index (κ3) is 2.10. The molecule has 1 aliphatic rings. The van der Waals surface area contributed by atoms with Gasteiger partial charge in [-0.15, -0.1) is 0 Å². The number of fused-ring (bicyclic) bond motifs is 4. The average Bonchev–Trinajstić information content (AvgIpc) is 3.18. The molecular formula is C20H14ClN3O2. The van der Waals surface area contributed by atoms with Crippen molar-refractivity contribution in [2.24, 2.45) is 12.0 Å². The molecule has 0 bridgehead atoms. The predicted molar refractivity (Wildman–Crippen MR) is 102 cm³/mol. The number of hydrogen-bond donors (Lipinski definition) is 0. The van der Waals surface area contributed by atoms with Crippen molar-refractivity contribution in [2.45, 2.75) is 6.54 Å². The van der Waals surface area contributed by atoms with Gasteiger partial charge in [0.05, 0.1) is 29.2 Å². The number of benzene rings is 2. The van der Waals surface area contributed by atoms with E-state index in [1.54, 1.807) is 7.05 Å². The number of aryl methyl sites for hydroxylation is 1. The Balaban J connectivity index is 1.75. The van der Waals surface area contributed by atoms with Crippen LogP contribution in [0.2, 0.25) is 5.02 Å². The quantitative estimate of drug-likeness (QED) is 0.514. The summed E-state index contributed by atoms with van der Waals surface area (Å²) in [5.41, 5.74) is 6.12. The molecule has 6 heteroatoms. The predicted octanol–water partition coefficient (Wildman–Crippen LogP) is 3.93. The summed E-state index contributed by atoms with van der Waals surface area (Å²) in [6.45, 7) is 0.494. The van der Waals surface area contributed by atoms with Crippen LogP contribution in [0.15, 0.2) is 68.9 Å². The van der Waals surface area contributed by atoms with Crippen molar-refractivity contribution in [1.82, 2.24) is 9.13 Å². The molecule has 0 spiro atoms. The highest BCUT2D eigenvalue weighted by molar-refractivity contribution is 6.31. The topological polar surface area (TPSA) is 52.4 Å². The minimum atomic E-state index is -0.373. The fraction of sp³-hybridized carbons (Fsp3) is 0.100. The van der Waals surface area contributed by atoms with Gasteiger partial charge in [-0.25, -0.2) is 4.79 Å². The molecule has 5 nitrogen and oxygen atoms in total. The van der Waals surface area contributed by atoms with E-state index in [1.165, 1.54) is 4.57 Å². The molecule has 0 amide bonds. The molecule has 4 aromatic rings. The number of halogens is 1. The summed E-state index contributed by atoms with van der Waals surface area (Å²) in [5, 5.41) is 0.708. The standard InChI is InChI=1S/C20H14ClN3O2/c1-23-17-10-12(7-8-18(17)26-20(23)25)19-16-6-3-9-24(16)15-5-2-4-14(21)13(15)11-22-19/h2-10H,11H2,1H3. The number of hydrogen-bond acceptors (Lipinski definition) is 3. The second kappa shape index (κ2) is 5.47. The summed E-state index contributed by atoms with van der Waals surface area (Å²) in [6.07, 6.45) is 2.01. The Morgan fingerprint density at radius 1 is 1.15 bits per heavy atom. The lowest BCUT2D eigenvalue weighted by Crippen LogP contribution is -2.10. The minimum absolute atomic E-state index is 0.373. The molecule has 1 aliphatic heterocycles. The Bertz CT molecular complexity index is 1260. The molecule has 0 fully saturated rings. The lowest BCUT2D eigenvalue weighted by atomic mass is 10.1. The maximum Gasteiger partial charge on any atom is 0.419 e. The lowest BCUT2D eigenvalue weighted by Gasteiger charge is -2.11. The van der Waals surface area contributed by atoms with Gasteiger partial charge >= 0.3 is 5.76 Å². The van der Waals surface area contributed by atoms with Crippen LogP contribution in [0.25, 0.3) is 16.8 Å². The van der Waals surface area contributed by atoms with E-state index >= 15 is 0 Å². The van der Waals surface area contributed by atoms with Crippen molar-refractivity contribution in [3.63, 3.8) is 0 Å². The Kier molecular flexibility index (Phi) is 3.21. The number of aliphatic imine (C=N–C) groups is 1. The smallest absolute Gasteiger partial charge is 0.408 e. The number of nitrogens with zero attached hydrogens (tertiary/aromatic N) is 3. The number of rotatable bonds is 1. The van der Waals surface area contributed by atoms with Crippen LogP contribution in [0, 0.1) is 0 Å². The van der Waals surface area contributed by atoms with Gasteiger partial charge in [-0.2, -0.15) is 0 Å². The highest BCUT2D eigenvalue weighted by Gasteiger charge is 2.20. The monoisotopic (exact) mass is 363 g/mol. The van der Waals surface area contributed by atoms with E-state index in [1.807, 2.05) is 54.7 Å². The van der Waals surface area contributed by atoms with Crippen molar-refractivity contribution in [1.29, 1.82) is 0 Å². The first kappa shape index (κ1) is 15.2. The summed E-state index contributed by atoms with van der Waals surface area (Å²) in [7, 11) is 1.70. The molecule has 0 saturated heterocycles. The summed E-state index contributed by atoms with van der Waals surface area (Å²) < 4.78 is 8.84. The van der Waals surface area contributed by atoms with Gasteiger partial charge in [0.2, 0.25) is 0 Å². The van der Waals surface area contributed by atoms with Crippen molar-refractivity contribution >= 4 is 28.4 Å². The first-order valence-corrected chi connectivity index (χ1v) is 8.61. The molecule has 2 aromatic heterocycles. The molecule has 26 heavy (non-hydrogen) atoms. The van der Waals surface area contributed by atoms with E-state index in [0.717, 1.165) is 33.7 Å². The van der Waals surface area contributed by atoms with Gasteiger partial charge in [-0.05, 0) is 42.5 Å². The minimum Gasteiger partial charge on any atom is -0.408 e. The van der Waals surface area contributed by atoms with E-state index in [2.05, 4.69) is 4.57 Å². The average molecular weight is 364 g/mol. The summed E-state index contributed by atoms with van der Waals surface area (Å²) >= 11 is 6.41. The van der Waals surface area contributed by atoms with Gasteiger partial charge in [-0.3, -0.25) is 9.56 Å². The van der Waals surface area contributed by atoms with Crippen LogP contribution >= 0.6 is 11.6 Å². The third-order valence-corrected chi connectivity index (χ3v) is 5.16. The van der Waals surface area contributed by atoms with Gasteiger partial charge in [0.1, 0.15) is 0 Å². The molecule has 128 valence electrons. The second-order valence-electron chi connectivity index (χ2n) is 6.28. The normalized spacial score (nSPS) is 13.2. The zero-order valence-corrected chi connectivity index (χ0v) is 14.7. The Morgan fingerprint density at radius 2 is 2.04 bits per heavy atom. The summed E-state index contributed by atoms with van der Waals surface area (Å²) in [5.74, 6) is -0.373. The molecule has 2 aromatic carbocycles. The Hall–Kier alpha value is -3.05. The van der Waals surface area contributed by atoms with Gasteiger partial charge in [0.15, 0.2) is 5.58 Å². The van der Waals surface area contributed by atoms with Gasteiger partial charge in [0.25, 0.3) is 0 Å². The maximum atomic E-state index is 11.8. The largest absolute Gasteiger partial charge is 0.419 e. The molecule has 0 unspecified atom stereocenters. The highest BCUT2D eigenvalue weighted by atomic mass is 35.5. The third-order valence-electron chi connectivity index (χ3n) is 4.81. The van der Waals surface area contributed by atoms with Crippen LogP contribution in [0.3, 0.4) is 0 Å². The lowest BCUT2D eigenvalue weighted by molar-refractivity contribution is 0.528. The van der Waals surface area contributed by atoms with Gasteiger partial charge in [-0.1, -0.05) is 17.7 Å². The zero-order chi connectivity index (χ0) is 17.8. The summed E-state index contributed by atoms with van der Waals surface area (Å²) in [6, 6.07) is 15.6. The van der Waals surface area contributed by atoms with Crippen molar-refractivity contribution in [3.05, 3.63) is 87.1 Å².